The van der Waals surface area contributed by atoms with Gasteiger partial charge in [-0.3, -0.25) is 4.79 Å². The number of esters is 1. The Labute approximate surface area is 162 Å². The lowest BCUT2D eigenvalue weighted by atomic mass is 9.78. The molecule has 0 saturated carbocycles. The molecule has 0 bridgehead atoms. The first-order valence-electron chi connectivity index (χ1n) is 9.89. The normalized spacial score (nSPS) is 13.0. The SMILES string of the molecule is COC(=O)CC(C)CCCC(C)(C)c1ccc2cc3ccccc3cc2c1. The fraction of sp³-hybridized carbons (Fsp3) is 0.400. The van der Waals surface area contributed by atoms with Gasteiger partial charge in [-0.2, -0.15) is 0 Å². The molecule has 27 heavy (non-hydrogen) atoms. The number of ether oxygens (including phenoxy) is 1. The third kappa shape index (κ3) is 4.68. The minimum atomic E-state index is -0.108. The van der Waals surface area contributed by atoms with Crippen LogP contribution >= 0.6 is 0 Å². The summed E-state index contributed by atoms with van der Waals surface area (Å²) in [6.07, 6.45) is 3.79. The fourth-order valence-electron chi connectivity index (χ4n) is 3.87. The highest BCUT2D eigenvalue weighted by Gasteiger charge is 2.21. The van der Waals surface area contributed by atoms with Crippen LogP contribution in [0.1, 0.15) is 52.0 Å². The van der Waals surface area contributed by atoms with Crippen molar-refractivity contribution in [3.05, 3.63) is 60.2 Å². The molecule has 0 fully saturated rings. The van der Waals surface area contributed by atoms with Crippen LogP contribution in [-0.4, -0.2) is 13.1 Å². The number of carbonyl (C=O) groups is 1. The standard InChI is InChI=1S/C25H30O2/c1-18(14-24(26)27-4)8-7-13-25(2,3)23-12-11-21-15-19-9-5-6-10-20(19)16-22(21)17-23/h5-6,9-12,15-18H,7-8,13-14H2,1-4H3. The van der Waals surface area contributed by atoms with Crippen LogP contribution in [0.4, 0.5) is 0 Å². The van der Waals surface area contributed by atoms with E-state index in [4.69, 9.17) is 4.74 Å². The molecule has 3 aromatic rings. The van der Waals surface area contributed by atoms with E-state index in [1.807, 2.05) is 0 Å². The van der Waals surface area contributed by atoms with Gasteiger partial charge in [0.2, 0.25) is 0 Å². The van der Waals surface area contributed by atoms with Gasteiger partial charge in [0.15, 0.2) is 0 Å². The number of rotatable bonds is 7. The highest BCUT2D eigenvalue weighted by atomic mass is 16.5. The molecule has 0 aliphatic rings. The minimum Gasteiger partial charge on any atom is -0.469 e. The lowest BCUT2D eigenvalue weighted by Gasteiger charge is -2.26. The molecule has 3 aromatic carbocycles. The van der Waals surface area contributed by atoms with Gasteiger partial charge >= 0.3 is 5.97 Å². The molecular formula is C25H30O2. The quantitative estimate of drug-likeness (QED) is 0.348. The van der Waals surface area contributed by atoms with E-state index in [0.29, 0.717) is 12.3 Å². The van der Waals surface area contributed by atoms with Crippen molar-refractivity contribution in [1.82, 2.24) is 0 Å². The summed E-state index contributed by atoms with van der Waals surface area (Å²) in [5.41, 5.74) is 1.50. The number of fused-ring (bicyclic) bond motifs is 2. The predicted molar refractivity (Wildman–Crippen MR) is 114 cm³/mol. The zero-order valence-electron chi connectivity index (χ0n) is 16.9. The molecule has 1 unspecified atom stereocenters. The van der Waals surface area contributed by atoms with Gasteiger partial charge in [0.25, 0.3) is 0 Å². The molecular weight excluding hydrogens is 332 g/mol. The molecule has 2 nitrogen and oxygen atoms in total. The van der Waals surface area contributed by atoms with Crippen LogP contribution in [0.15, 0.2) is 54.6 Å². The number of benzene rings is 3. The van der Waals surface area contributed by atoms with Crippen LogP contribution in [0.3, 0.4) is 0 Å². The van der Waals surface area contributed by atoms with Crippen LogP contribution in [-0.2, 0) is 14.9 Å². The van der Waals surface area contributed by atoms with Crippen molar-refractivity contribution >= 4 is 27.5 Å². The summed E-state index contributed by atoms with van der Waals surface area (Å²) >= 11 is 0. The van der Waals surface area contributed by atoms with Gasteiger partial charge in [-0.25, -0.2) is 0 Å². The third-order valence-corrected chi connectivity index (χ3v) is 5.73. The largest absolute Gasteiger partial charge is 0.469 e. The first-order valence-corrected chi connectivity index (χ1v) is 9.89. The van der Waals surface area contributed by atoms with Crippen LogP contribution < -0.4 is 0 Å². The van der Waals surface area contributed by atoms with Crippen molar-refractivity contribution in [2.24, 2.45) is 5.92 Å². The van der Waals surface area contributed by atoms with E-state index >= 15 is 0 Å². The Bertz CT molecular complexity index is 939. The second kappa shape index (κ2) is 8.12. The van der Waals surface area contributed by atoms with E-state index in [-0.39, 0.29) is 11.4 Å². The molecule has 0 amide bonds. The maximum absolute atomic E-state index is 11.4. The van der Waals surface area contributed by atoms with Crippen LogP contribution in [0.5, 0.6) is 0 Å². The highest BCUT2D eigenvalue weighted by Crippen LogP contribution is 2.33. The van der Waals surface area contributed by atoms with E-state index < -0.39 is 0 Å². The molecule has 0 spiro atoms. The van der Waals surface area contributed by atoms with Gasteiger partial charge in [-0.05, 0) is 57.0 Å². The first-order chi connectivity index (χ1) is 12.9. The zero-order valence-corrected chi connectivity index (χ0v) is 16.9. The van der Waals surface area contributed by atoms with Crippen LogP contribution in [0, 0.1) is 5.92 Å². The second-order valence-electron chi connectivity index (χ2n) is 8.42. The molecule has 0 aromatic heterocycles. The van der Waals surface area contributed by atoms with Crippen molar-refractivity contribution in [2.45, 2.75) is 51.9 Å². The summed E-state index contributed by atoms with van der Waals surface area (Å²) in [4.78, 5) is 11.4. The van der Waals surface area contributed by atoms with E-state index in [2.05, 4.69) is 75.4 Å². The van der Waals surface area contributed by atoms with Gasteiger partial charge < -0.3 is 4.74 Å². The van der Waals surface area contributed by atoms with Gasteiger partial charge in [0, 0.05) is 6.42 Å². The molecule has 0 aliphatic carbocycles. The summed E-state index contributed by atoms with van der Waals surface area (Å²) in [5, 5.41) is 5.17. The molecule has 142 valence electrons. The Morgan fingerprint density at radius 2 is 1.59 bits per heavy atom. The molecule has 3 rings (SSSR count). The summed E-state index contributed by atoms with van der Waals surface area (Å²) in [7, 11) is 1.46. The molecule has 0 N–H and O–H groups in total. The molecule has 0 heterocycles. The topological polar surface area (TPSA) is 26.3 Å². The predicted octanol–water partition coefficient (Wildman–Crippen LogP) is 6.64. The van der Waals surface area contributed by atoms with Crippen LogP contribution in [0.25, 0.3) is 21.5 Å². The number of hydrogen-bond acceptors (Lipinski definition) is 2. The number of hydrogen-bond donors (Lipinski definition) is 0. The van der Waals surface area contributed by atoms with Crippen molar-refractivity contribution in [3.63, 3.8) is 0 Å². The fourth-order valence-corrected chi connectivity index (χ4v) is 3.87. The monoisotopic (exact) mass is 362 g/mol. The van der Waals surface area contributed by atoms with Crippen molar-refractivity contribution < 1.29 is 9.53 Å². The van der Waals surface area contributed by atoms with E-state index in [1.54, 1.807) is 0 Å². The maximum atomic E-state index is 11.4. The summed E-state index contributed by atoms with van der Waals surface area (Å²) in [6.45, 7) is 6.77. The zero-order chi connectivity index (χ0) is 19.4. The van der Waals surface area contributed by atoms with Gasteiger partial charge in [-0.15, -0.1) is 0 Å². The lowest BCUT2D eigenvalue weighted by molar-refractivity contribution is -0.141. The van der Waals surface area contributed by atoms with Crippen molar-refractivity contribution in [2.75, 3.05) is 7.11 Å². The number of methoxy groups -OCH3 is 1. The van der Waals surface area contributed by atoms with Gasteiger partial charge in [-0.1, -0.05) is 76.1 Å². The Morgan fingerprint density at radius 3 is 2.26 bits per heavy atom. The smallest absolute Gasteiger partial charge is 0.305 e. The maximum Gasteiger partial charge on any atom is 0.305 e. The molecule has 0 radical (unpaired) electrons. The van der Waals surface area contributed by atoms with Crippen LogP contribution in [0.2, 0.25) is 0 Å². The van der Waals surface area contributed by atoms with Crippen molar-refractivity contribution in [1.29, 1.82) is 0 Å². The second-order valence-corrected chi connectivity index (χ2v) is 8.42. The van der Waals surface area contributed by atoms with Crippen molar-refractivity contribution in [3.8, 4) is 0 Å². The molecule has 2 heteroatoms. The Morgan fingerprint density at radius 1 is 0.963 bits per heavy atom. The first kappa shape index (κ1) is 19.4. The summed E-state index contributed by atoms with van der Waals surface area (Å²) in [6, 6.07) is 20.0. The Hall–Kier alpha value is -2.35. The highest BCUT2D eigenvalue weighted by molar-refractivity contribution is 5.98. The summed E-state index contributed by atoms with van der Waals surface area (Å²) in [5.74, 6) is 0.264. The van der Waals surface area contributed by atoms with E-state index in [1.165, 1.54) is 34.2 Å². The average molecular weight is 363 g/mol. The third-order valence-electron chi connectivity index (χ3n) is 5.73. The van der Waals surface area contributed by atoms with Gasteiger partial charge in [0.05, 0.1) is 7.11 Å². The molecule has 0 saturated heterocycles. The average Bonchev–Trinajstić information content (AvgIpc) is 2.65. The lowest BCUT2D eigenvalue weighted by Crippen LogP contribution is -2.17. The Kier molecular flexibility index (Phi) is 5.84. The Balaban J connectivity index is 1.72. The molecule has 1 atom stereocenters. The molecule has 0 aliphatic heterocycles. The number of carbonyl (C=O) groups excluding carboxylic acids is 1. The van der Waals surface area contributed by atoms with E-state index in [0.717, 1.165) is 19.3 Å². The van der Waals surface area contributed by atoms with Gasteiger partial charge in [0.1, 0.15) is 0 Å². The minimum absolute atomic E-state index is 0.108. The summed E-state index contributed by atoms with van der Waals surface area (Å²) < 4.78 is 4.77. The van der Waals surface area contributed by atoms with E-state index in [9.17, 15) is 4.79 Å².